The van der Waals surface area contributed by atoms with E-state index in [9.17, 15) is 13.2 Å². The van der Waals surface area contributed by atoms with Crippen molar-refractivity contribution in [1.82, 2.24) is 10.2 Å². The maximum absolute atomic E-state index is 12.9. The minimum absolute atomic E-state index is 0.0437. The van der Waals surface area contributed by atoms with Crippen molar-refractivity contribution in [3.8, 4) is 0 Å². The fourth-order valence-electron chi connectivity index (χ4n) is 3.33. The SMILES string of the molecule is CNCC1CCCCN(C)C1c1cccc(C(F)(F)F)c1. The number of rotatable bonds is 3. The zero-order valence-electron chi connectivity index (χ0n) is 12.6. The van der Waals surface area contributed by atoms with Crippen LogP contribution in [-0.4, -0.2) is 32.1 Å². The second kappa shape index (κ2) is 6.79. The van der Waals surface area contributed by atoms with Gasteiger partial charge in [-0.3, -0.25) is 4.90 Å². The molecule has 5 heteroatoms. The Morgan fingerprint density at radius 2 is 2.05 bits per heavy atom. The van der Waals surface area contributed by atoms with Gasteiger partial charge in [0.2, 0.25) is 0 Å². The number of hydrogen-bond donors (Lipinski definition) is 1. The normalized spacial score (nSPS) is 24.8. The summed E-state index contributed by atoms with van der Waals surface area (Å²) in [4.78, 5) is 2.20. The van der Waals surface area contributed by atoms with Crippen molar-refractivity contribution in [1.29, 1.82) is 0 Å². The molecule has 1 heterocycles. The van der Waals surface area contributed by atoms with Gasteiger partial charge in [-0.15, -0.1) is 0 Å². The Balaban J connectivity index is 2.34. The van der Waals surface area contributed by atoms with Crippen LogP contribution in [0, 0.1) is 5.92 Å². The minimum Gasteiger partial charge on any atom is -0.319 e. The van der Waals surface area contributed by atoms with E-state index < -0.39 is 11.7 Å². The number of hydrogen-bond acceptors (Lipinski definition) is 2. The van der Waals surface area contributed by atoms with Crippen LogP contribution < -0.4 is 5.32 Å². The lowest BCUT2D eigenvalue weighted by atomic mass is 9.88. The van der Waals surface area contributed by atoms with Gasteiger partial charge in [-0.25, -0.2) is 0 Å². The third kappa shape index (κ3) is 3.98. The molecule has 2 unspecified atom stereocenters. The summed E-state index contributed by atoms with van der Waals surface area (Å²) in [5, 5.41) is 3.18. The molecule has 0 bridgehead atoms. The first-order chi connectivity index (χ1) is 9.93. The zero-order valence-corrected chi connectivity index (χ0v) is 12.6. The van der Waals surface area contributed by atoms with Crippen LogP contribution in [0.4, 0.5) is 13.2 Å². The molecule has 1 aliphatic heterocycles. The predicted molar refractivity (Wildman–Crippen MR) is 78.1 cm³/mol. The molecule has 21 heavy (non-hydrogen) atoms. The second-order valence-corrected chi connectivity index (χ2v) is 5.86. The Kier molecular flexibility index (Phi) is 5.27. The molecular weight excluding hydrogens is 277 g/mol. The summed E-state index contributed by atoms with van der Waals surface area (Å²) in [7, 11) is 3.91. The van der Waals surface area contributed by atoms with Crippen LogP contribution in [0.25, 0.3) is 0 Å². The van der Waals surface area contributed by atoms with Crippen LogP contribution in [0.1, 0.15) is 36.4 Å². The first-order valence-corrected chi connectivity index (χ1v) is 7.45. The first-order valence-electron chi connectivity index (χ1n) is 7.45. The van der Waals surface area contributed by atoms with Crippen molar-refractivity contribution in [3.05, 3.63) is 35.4 Å². The lowest BCUT2D eigenvalue weighted by Gasteiger charge is -2.33. The highest BCUT2D eigenvalue weighted by atomic mass is 19.4. The molecule has 1 aromatic carbocycles. The number of nitrogens with zero attached hydrogens (tertiary/aromatic N) is 1. The maximum atomic E-state index is 12.9. The van der Waals surface area contributed by atoms with Gasteiger partial charge in [0.15, 0.2) is 0 Å². The van der Waals surface area contributed by atoms with E-state index >= 15 is 0 Å². The number of nitrogens with one attached hydrogen (secondary N) is 1. The van der Waals surface area contributed by atoms with Crippen LogP contribution in [0.5, 0.6) is 0 Å². The van der Waals surface area contributed by atoms with Crippen molar-refractivity contribution in [2.45, 2.75) is 31.5 Å². The molecular formula is C16H23F3N2. The van der Waals surface area contributed by atoms with Gasteiger partial charge in [0, 0.05) is 6.04 Å². The second-order valence-electron chi connectivity index (χ2n) is 5.86. The van der Waals surface area contributed by atoms with Gasteiger partial charge in [0.05, 0.1) is 5.56 Å². The molecule has 0 aliphatic carbocycles. The Morgan fingerprint density at radius 3 is 2.71 bits per heavy atom. The molecule has 1 fully saturated rings. The highest BCUT2D eigenvalue weighted by Gasteiger charge is 2.33. The Bertz CT molecular complexity index is 459. The number of halogens is 3. The largest absolute Gasteiger partial charge is 0.416 e. The molecule has 0 amide bonds. The number of likely N-dealkylation sites (tertiary alicyclic amines) is 1. The average molecular weight is 300 g/mol. The molecule has 0 radical (unpaired) electrons. The Hall–Kier alpha value is -1.07. The molecule has 1 saturated heterocycles. The van der Waals surface area contributed by atoms with Crippen LogP contribution >= 0.6 is 0 Å². The molecule has 0 aromatic heterocycles. The monoisotopic (exact) mass is 300 g/mol. The predicted octanol–water partition coefficient (Wildman–Crippen LogP) is 3.70. The average Bonchev–Trinajstić information content (AvgIpc) is 2.60. The van der Waals surface area contributed by atoms with E-state index in [2.05, 4.69) is 10.2 Å². The highest BCUT2D eigenvalue weighted by Crippen LogP contribution is 2.37. The minimum atomic E-state index is -4.28. The van der Waals surface area contributed by atoms with Gasteiger partial charge < -0.3 is 5.32 Å². The molecule has 2 nitrogen and oxygen atoms in total. The third-order valence-corrected chi connectivity index (χ3v) is 4.28. The standard InChI is InChI=1S/C16H23F3N2/c1-20-11-13-6-3-4-9-21(2)15(13)12-7-5-8-14(10-12)16(17,18)19/h5,7-8,10,13,15,20H,3-4,6,9,11H2,1-2H3. The zero-order chi connectivity index (χ0) is 15.5. The van der Waals surface area contributed by atoms with E-state index in [-0.39, 0.29) is 6.04 Å². The first kappa shape index (κ1) is 16.3. The molecule has 118 valence electrons. The van der Waals surface area contributed by atoms with Gasteiger partial charge in [-0.2, -0.15) is 13.2 Å². The summed E-state index contributed by atoms with van der Waals surface area (Å²) in [5.74, 6) is 0.339. The van der Waals surface area contributed by atoms with E-state index in [0.717, 1.165) is 44.0 Å². The smallest absolute Gasteiger partial charge is 0.319 e. The van der Waals surface area contributed by atoms with Crippen LogP contribution in [0.15, 0.2) is 24.3 Å². The lowest BCUT2D eigenvalue weighted by molar-refractivity contribution is -0.137. The van der Waals surface area contributed by atoms with Crippen molar-refractivity contribution in [3.63, 3.8) is 0 Å². The molecule has 1 aromatic rings. The van der Waals surface area contributed by atoms with Gasteiger partial charge >= 0.3 is 6.18 Å². The number of benzene rings is 1. The topological polar surface area (TPSA) is 15.3 Å². The Morgan fingerprint density at radius 1 is 1.29 bits per heavy atom. The molecule has 2 atom stereocenters. The van der Waals surface area contributed by atoms with Crippen LogP contribution in [0.2, 0.25) is 0 Å². The molecule has 0 spiro atoms. The van der Waals surface area contributed by atoms with E-state index in [1.807, 2.05) is 20.2 Å². The summed E-state index contributed by atoms with van der Waals surface area (Å²) >= 11 is 0. The van der Waals surface area contributed by atoms with Crippen molar-refractivity contribution in [2.75, 3.05) is 27.2 Å². The van der Waals surface area contributed by atoms with Gasteiger partial charge in [0.25, 0.3) is 0 Å². The van der Waals surface area contributed by atoms with E-state index in [1.165, 1.54) is 12.1 Å². The van der Waals surface area contributed by atoms with Crippen molar-refractivity contribution in [2.24, 2.45) is 5.92 Å². The quantitative estimate of drug-likeness (QED) is 0.915. The summed E-state index contributed by atoms with van der Waals surface area (Å²) in [6.45, 7) is 1.76. The highest BCUT2D eigenvalue weighted by molar-refractivity contribution is 5.28. The van der Waals surface area contributed by atoms with Crippen molar-refractivity contribution >= 4 is 0 Å². The van der Waals surface area contributed by atoms with Crippen molar-refractivity contribution < 1.29 is 13.2 Å². The fourth-order valence-corrected chi connectivity index (χ4v) is 3.33. The third-order valence-electron chi connectivity index (χ3n) is 4.28. The van der Waals surface area contributed by atoms with Gasteiger partial charge in [-0.1, -0.05) is 18.6 Å². The van der Waals surface area contributed by atoms with E-state index in [4.69, 9.17) is 0 Å². The van der Waals surface area contributed by atoms with E-state index in [0.29, 0.717) is 5.92 Å². The molecule has 1 N–H and O–H groups in total. The summed E-state index contributed by atoms with van der Waals surface area (Å²) in [6, 6.07) is 5.85. The van der Waals surface area contributed by atoms with Gasteiger partial charge in [-0.05, 0) is 63.6 Å². The summed E-state index contributed by atoms with van der Waals surface area (Å²) < 4.78 is 38.8. The van der Waals surface area contributed by atoms with Crippen LogP contribution in [-0.2, 0) is 6.18 Å². The maximum Gasteiger partial charge on any atom is 0.416 e. The summed E-state index contributed by atoms with van der Waals surface area (Å²) in [6.07, 6.45) is -0.998. The number of alkyl halides is 3. The lowest BCUT2D eigenvalue weighted by Crippen LogP contribution is -2.34. The molecule has 0 saturated carbocycles. The molecule has 2 rings (SSSR count). The Labute approximate surface area is 124 Å². The fraction of sp³-hybridized carbons (Fsp3) is 0.625. The van der Waals surface area contributed by atoms with Gasteiger partial charge in [0.1, 0.15) is 0 Å². The molecule has 1 aliphatic rings. The summed E-state index contributed by atoms with van der Waals surface area (Å²) in [5.41, 5.74) is 0.218. The van der Waals surface area contributed by atoms with Crippen LogP contribution in [0.3, 0.4) is 0 Å². The van der Waals surface area contributed by atoms with E-state index in [1.54, 1.807) is 0 Å².